The molecule has 9 heteroatoms. The van der Waals surface area contributed by atoms with Crippen LogP contribution in [-0.4, -0.2) is 45.2 Å². The Morgan fingerprint density at radius 3 is 2.89 bits per heavy atom. The van der Waals surface area contributed by atoms with Crippen LogP contribution in [0.1, 0.15) is 13.3 Å². The van der Waals surface area contributed by atoms with Gasteiger partial charge in [-0.3, -0.25) is 20.2 Å². The van der Waals surface area contributed by atoms with E-state index in [-0.39, 0.29) is 19.0 Å². The van der Waals surface area contributed by atoms with Gasteiger partial charge in [-0.1, -0.05) is 18.7 Å². The van der Waals surface area contributed by atoms with E-state index in [4.69, 9.17) is 5.11 Å². The molecule has 1 aromatic heterocycles. The molecule has 0 aromatic carbocycles. The second-order valence-electron chi connectivity index (χ2n) is 3.28. The first-order valence-electron chi connectivity index (χ1n) is 5.30. The summed E-state index contributed by atoms with van der Waals surface area (Å²) in [4.78, 5) is 25.7. The summed E-state index contributed by atoms with van der Waals surface area (Å²) in [7, 11) is 0. The van der Waals surface area contributed by atoms with Crippen LogP contribution in [0.4, 0.5) is 5.13 Å². The lowest BCUT2D eigenvalue weighted by Gasteiger charge is -2.01. The number of rotatable bonds is 8. The summed E-state index contributed by atoms with van der Waals surface area (Å²) >= 11 is 2.64. The summed E-state index contributed by atoms with van der Waals surface area (Å²) in [6.45, 7) is 1.75. The van der Waals surface area contributed by atoms with Crippen molar-refractivity contribution >= 4 is 40.3 Å². The van der Waals surface area contributed by atoms with Crippen molar-refractivity contribution < 1.29 is 14.7 Å². The normalized spacial score (nSPS) is 10.3. The number of amides is 1. The molecule has 1 aromatic rings. The second-order valence-corrected chi connectivity index (χ2v) is 5.09. The average Bonchev–Trinajstić information content (AvgIpc) is 2.73. The van der Waals surface area contributed by atoms with Crippen LogP contribution in [0.25, 0.3) is 0 Å². The molecule has 0 saturated heterocycles. The number of carboxylic acid groups (broad SMARTS) is 1. The number of aliphatic carboxylic acids is 1. The third-order valence-electron chi connectivity index (χ3n) is 1.65. The number of carbonyl (C=O) groups excluding carboxylic acids is 1. The maximum atomic E-state index is 11.4. The molecule has 0 fully saturated rings. The standard InChI is InChI=1S/C9H14N4O3S2/c1-2-3-17-9-12-8(18-13-9)11-6(14)4-10-5-7(15)16/h10H,2-5H2,1H3,(H,15,16)(H,11,12,13,14). The third kappa shape index (κ3) is 5.94. The van der Waals surface area contributed by atoms with Gasteiger partial charge in [0.25, 0.3) is 0 Å². The zero-order valence-electron chi connectivity index (χ0n) is 9.80. The highest BCUT2D eigenvalue weighted by molar-refractivity contribution is 7.99. The van der Waals surface area contributed by atoms with Gasteiger partial charge in [0.2, 0.25) is 16.2 Å². The van der Waals surface area contributed by atoms with Gasteiger partial charge in [0.05, 0.1) is 13.1 Å². The maximum absolute atomic E-state index is 11.4. The maximum Gasteiger partial charge on any atom is 0.317 e. The van der Waals surface area contributed by atoms with Crippen molar-refractivity contribution in [2.75, 3.05) is 24.2 Å². The molecular formula is C9H14N4O3S2. The number of nitrogens with one attached hydrogen (secondary N) is 2. The Labute approximate surface area is 113 Å². The summed E-state index contributed by atoms with van der Waals surface area (Å²) in [5, 5.41) is 14.5. The Balaban J connectivity index is 2.30. The van der Waals surface area contributed by atoms with Crippen LogP contribution < -0.4 is 10.6 Å². The van der Waals surface area contributed by atoms with Crippen LogP contribution >= 0.6 is 23.3 Å². The van der Waals surface area contributed by atoms with Crippen LogP contribution in [-0.2, 0) is 9.59 Å². The van der Waals surface area contributed by atoms with E-state index < -0.39 is 5.97 Å². The molecule has 7 nitrogen and oxygen atoms in total. The third-order valence-corrected chi connectivity index (χ3v) is 3.45. The smallest absolute Gasteiger partial charge is 0.317 e. The van der Waals surface area contributed by atoms with Crippen LogP contribution in [0.3, 0.4) is 0 Å². The van der Waals surface area contributed by atoms with Gasteiger partial charge in [0.1, 0.15) is 0 Å². The van der Waals surface area contributed by atoms with Crippen molar-refractivity contribution in [1.82, 2.24) is 14.7 Å². The number of carbonyl (C=O) groups is 2. The highest BCUT2D eigenvalue weighted by Gasteiger charge is 2.08. The quantitative estimate of drug-likeness (QED) is 0.604. The highest BCUT2D eigenvalue weighted by atomic mass is 32.2. The minimum atomic E-state index is -1.00. The number of aromatic nitrogens is 2. The Bertz CT molecular complexity index is 410. The first kappa shape index (κ1) is 14.9. The number of carboxylic acids is 1. The van der Waals surface area contributed by atoms with E-state index in [2.05, 4.69) is 26.9 Å². The van der Waals surface area contributed by atoms with Gasteiger partial charge in [-0.25, -0.2) is 0 Å². The Morgan fingerprint density at radius 2 is 2.22 bits per heavy atom. The van der Waals surface area contributed by atoms with Gasteiger partial charge in [0.15, 0.2) is 0 Å². The van der Waals surface area contributed by atoms with Crippen molar-refractivity contribution in [3.05, 3.63) is 0 Å². The van der Waals surface area contributed by atoms with Crippen LogP contribution in [0.2, 0.25) is 0 Å². The fraction of sp³-hybridized carbons (Fsp3) is 0.556. The van der Waals surface area contributed by atoms with Gasteiger partial charge in [-0.15, -0.1) is 0 Å². The summed E-state index contributed by atoms with van der Waals surface area (Å²) in [6.07, 6.45) is 1.03. The van der Waals surface area contributed by atoms with Crippen molar-refractivity contribution in [3.63, 3.8) is 0 Å². The Kier molecular flexibility index (Phi) is 6.61. The molecule has 0 radical (unpaired) electrons. The molecule has 1 amide bonds. The lowest BCUT2D eigenvalue weighted by Crippen LogP contribution is -2.31. The van der Waals surface area contributed by atoms with E-state index in [1.807, 2.05) is 0 Å². The fourth-order valence-electron chi connectivity index (χ4n) is 0.959. The largest absolute Gasteiger partial charge is 0.480 e. The minimum Gasteiger partial charge on any atom is -0.480 e. The molecule has 1 rings (SSSR count). The first-order valence-corrected chi connectivity index (χ1v) is 7.06. The van der Waals surface area contributed by atoms with Crippen LogP contribution in [0, 0.1) is 0 Å². The van der Waals surface area contributed by atoms with Gasteiger partial charge in [0, 0.05) is 17.3 Å². The topological polar surface area (TPSA) is 104 Å². The molecule has 0 spiro atoms. The number of hydrogen-bond acceptors (Lipinski definition) is 7. The van der Waals surface area contributed by atoms with Crippen LogP contribution in [0.15, 0.2) is 5.16 Å². The van der Waals surface area contributed by atoms with Crippen molar-refractivity contribution in [1.29, 1.82) is 0 Å². The lowest BCUT2D eigenvalue weighted by molar-refractivity contribution is -0.135. The molecule has 0 unspecified atom stereocenters. The molecule has 0 atom stereocenters. The predicted octanol–water partition coefficient (Wildman–Crippen LogP) is 0.653. The Hall–Kier alpha value is -1.19. The number of anilines is 1. The fourth-order valence-corrected chi connectivity index (χ4v) is 2.37. The molecule has 0 aliphatic carbocycles. The van der Waals surface area contributed by atoms with Crippen molar-refractivity contribution in [2.24, 2.45) is 0 Å². The van der Waals surface area contributed by atoms with Gasteiger partial charge in [-0.2, -0.15) is 9.36 Å². The van der Waals surface area contributed by atoms with E-state index in [0.717, 1.165) is 23.7 Å². The van der Waals surface area contributed by atoms with E-state index in [0.29, 0.717) is 10.3 Å². The molecule has 100 valence electrons. The zero-order valence-corrected chi connectivity index (χ0v) is 11.4. The Morgan fingerprint density at radius 1 is 1.44 bits per heavy atom. The predicted molar refractivity (Wildman–Crippen MR) is 70.1 cm³/mol. The average molecular weight is 290 g/mol. The van der Waals surface area contributed by atoms with Crippen LogP contribution in [0.5, 0.6) is 0 Å². The molecule has 0 aliphatic rings. The molecule has 3 N–H and O–H groups in total. The van der Waals surface area contributed by atoms with E-state index in [1.54, 1.807) is 0 Å². The monoisotopic (exact) mass is 290 g/mol. The number of thioether (sulfide) groups is 1. The SMILES string of the molecule is CCCSc1nsc(NC(=O)CNCC(=O)O)n1. The summed E-state index contributed by atoms with van der Waals surface area (Å²) in [5.74, 6) is -0.402. The number of nitrogens with zero attached hydrogens (tertiary/aromatic N) is 2. The van der Waals surface area contributed by atoms with E-state index in [1.165, 1.54) is 11.8 Å². The van der Waals surface area contributed by atoms with Gasteiger partial charge >= 0.3 is 5.97 Å². The number of hydrogen-bond donors (Lipinski definition) is 3. The summed E-state index contributed by atoms with van der Waals surface area (Å²) < 4.78 is 4.08. The molecular weight excluding hydrogens is 276 g/mol. The molecule has 0 bridgehead atoms. The van der Waals surface area contributed by atoms with Gasteiger partial charge < -0.3 is 5.11 Å². The van der Waals surface area contributed by atoms with Gasteiger partial charge in [-0.05, 0) is 6.42 Å². The van der Waals surface area contributed by atoms with E-state index >= 15 is 0 Å². The minimum absolute atomic E-state index is 0.0662. The molecule has 0 aliphatic heterocycles. The van der Waals surface area contributed by atoms with Crippen molar-refractivity contribution in [3.8, 4) is 0 Å². The first-order chi connectivity index (χ1) is 8.61. The highest BCUT2D eigenvalue weighted by Crippen LogP contribution is 2.20. The second kappa shape index (κ2) is 8.01. The molecule has 0 saturated carbocycles. The molecule has 1 heterocycles. The molecule has 18 heavy (non-hydrogen) atoms. The van der Waals surface area contributed by atoms with Crippen molar-refractivity contribution in [2.45, 2.75) is 18.5 Å². The summed E-state index contributed by atoms with van der Waals surface area (Å²) in [6, 6.07) is 0. The lowest BCUT2D eigenvalue weighted by atomic mass is 10.5. The zero-order chi connectivity index (χ0) is 13.4. The van der Waals surface area contributed by atoms with E-state index in [9.17, 15) is 9.59 Å². The summed E-state index contributed by atoms with van der Waals surface area (Å²) in [5.41, 5.74) is 0.